The van der Waals surface area contributed by atoms with E-state index in [1.165, 1.54) is 12.2 Å². The van der Waals surface area contributed by atoms with Crippen LogP contribution in [-0.2, 0) is 14.4 Å². The lowest BCUT2D eigenvalue weighted by Gasteiger charge is -1.96. The van der Waals surface area contributed by atoms with Crippen LogP contribution in [0.15, 0.2) is 12.2 Å². The summed E-state index contributed by atoms with van der Waals surface area (Å²) in [6, 6.07) is -1.13. The number of imide groups is 1. The summed E-state index contributed by atoms with van der Waals surface area (Å²) in [4.78, 5) is 29.7. The number of carboxylic acids is 1. The number of rotatable bonds is 2. The van der Waals surface area contributed by atoms with E-state index in [1.807, 2.05) is 5.32 Å². The Morgan fingerprint density at radius 1 is 1.43 bits per heavy atom. The number of nitrogens with two attached hydrogens (primary N) is 1. The summed E-state index contributed by atoms with van der Waals surface area (Å²) in [5.74, 6) is -1.84. The van der Waals surface area contributed by atoms with Crippen molar-refractivity contribution in [3.8, 4) is 0 Å². The molecule has 78 valence electrons. The third-order valence-corrected chi connectivity index (χ3v) is 1.15. The number of aliphatic carboxylic acids is 1. The summed E-state index contributed by atoms with van der Waals surface area (Å²) in [5, 5.41) is 17.9. The van der Waals surface area contributed by atoms with E-state index in [9.17, 15) is 14.4 Å². The molecule has 0 radical (unpaired) electrons. The monoisotopic (exact) mass is 202 g/mol. The Morgan fingerprint density at radius 2 is 1.86 bits per heavy atom. The fourth-order valence-corrected chi connectivity index (χ4v) is 0.434. The van der Waals surface area contributed by atoms with Crippen LogP contribution in [0.25, 0.3) is 0 Å². The molecule has 7 nitrogen and oxygen atoms in total. The number of hydrogen-bond donors (Lipinski definition) is 4. The Morgan fingerprint density at radius 3 is 1.93 bits per heavy atom. The van der Waals surface area contributed by atoms with Crippen molar-refractivity contribution < 1.29 is 24.6 Å². The highest BCUT2D eigenvalue weighted by Crippen LogP contribution is 1.82. The van der Waals surface area contributed by atoms with E-state index < -0.39 is 18.6 Å². The van der Waals surface area contributed by atoms with Crippen LogP contribution in [0.2, 0.25) is 0 Å². The Bertz CT molecular complexity index is 257. The first kappa shape index (κ1) is 12.3. The number of aliphatic hydroxyl groups excluding tert-OH is 1. The smallest absolute Gasteiger partial charge is 0.322 e. The zero-order chi connectivity index (χ0) is 11.1. The molecule has 0 saturated carbocycles. The minimum atomic E-state index is -1.18. The normalized spacial score (nSPS) is 15.6. The zero-order valence-corrected chi connectivity index (χ0v) is 7.14. The maximum absolute atomic E-state index is 10.0. The van der Waals surface area contributed by atoms with E-state index in [-0.39, 0.29) is 11.8 Å². The van der Waals surface area contributed by atoms with Crippen molar-refractivity contribution in [3.05, 3.63) is 12.2 Å². The van der Waals surface area contributed by atoms with Gasteiger partial charge < -0.3 is 15.9 Å². The minimum Gasteiger partial charge on any atom is -0.480 e. The van der Waals surface area contributed by atoms with Gasteiger partial charge in [0, 0.05) is 12.2 Å². The molecule has 7 heteroatoms. The Balaban J connectivity index is 0.000000241. The topological polar surface area (TPSA) is 130 Å². The molecule has 0 fully saturated rings. The Hall–Kier alpha value is -1.73. The number of carbonyl (C=O) groups excluding carboxylic acids is 2. The predicted molar refractivity (Wildman–Crippen MR) is 45.0 cm³/mol. The SMILES string of the molecule is N[C@@H](CO)C(=O)O.O=C1C=CC(=O)N1. The molecule has 0 saturated heterocycles. The lowest BCUT2D eigenvalue weighted by atomic mass is 10.3. The highest BCUT2D eigenvalue weighted by molar-refractivity contribution is 6.12. The van der Waals surface area contributed by atoms with Gasteiger partial charge in [-0.05, 0) is 0 Å². The van der Waals surface area contributed by atoms with Crippen molar-refractivity contribution in [1.82, 2.24) is 5.32 Å². The third-order valence-electron chi connectivity index (χ3n) is 1.15. The number of aliphatic hydroxyl groups is 1. The molecule has 1 atom stereocenters. The van der Waals surface area contributed by atoms with Crippen LogP contribution < -0.4 is 11.1 Å². The van der Waals surface area contributed by atoms with Gasteiger partial charge in [-0.25, -0.2) is 0 Å². The molecule has 1 aliphatic heterocycles. The van der Waals surface area contributed by atoms with Gasteiger partial charge in [0.25, 0.3) is 11.8 Å². The van der Waals surface area contributed by atoms with Gasteiger partial charge in [0.2, 0.25) is 0 Å². The van der Waals surface area contributed by atoms with Gasteiger partial charge in [0.05, 0.1) is 6.61 Å². The molecule has 1 aliphatic rings. The van der Waals surface area contributed by atoms with Gasteiger partial charge in [0.1, 0.15) is 6.04 Å². The van der Waals surface area contributed by atoms with Crippen LogP contribution in [0.1, 0.15) is 0 Å². The Labute approximate surface area is 79.2 Å². The highest BCUT2D eigenvalue weighted by atomic mass is 16.4. The molecule has 14 heavy (non-hydrogen) atoms. The average molecular weight is 202 g/mol. The quantitative estimate of drug-likeness (QED) is 0.369. The molecule has 0 bridgehead atoms. The lowest BCUT2D eigenvalue weighted by molar-refractivity contribution is -0.139. The number of nitrogens with one attached hydrogen (secondary N) is 1. The van der Waals surface area contributed by atoms with Crippen LogP contribution in [0.3, 0.4) is 0 Å². The van der Waals surface area contributed by atoms with Crippen molar-refractivity contribution in [2.45, 2.75) is 6.04 Å². The molecule has 2 amide bonds. The summed E-state index contributed by atoms with van der Waals surface area (Å²) in [7, 11) is 0. The molecule has 0 aromatic rings. The predicted octanol–water partition coefficient (Wildman–Crippen LogP) is -2.41. The summed E-state index contributed by atoms with van der Waals surface area (Å²) in [6.07, 6.45) is 2.39. The van der Waals surface area contributed by atoms with Gasteiger partial charge in [-0.2, -0.15) is 0 Å². The number of carboxylic acid groups (broad SMARTS) is 1. The summed E-state index contributed by atoms with van der Waals surface area (Å²) in [6.45, 7) is -0.505. The van der Waals surface area contributed by atoms with E-state index in [0.717, 1.165) is 0 Å². The van der Waals surface area contributed by atoms with Gasteiger partial charge in [-0.3, -0.25) is 19.7 Å². The second kappa shape index (κ2) is 5.84. The molecule has 1 rings (SSSR count). The Kier molecular flexibility index (Phi) is 5.12. The van der Waals surface area contributed by atoms with E-state index >= 15 is 0 Å². The lowest BCUT2D eigenvalue weighted by Crippen LogP contribution is -2.33. The fourth-order valence-electron chi connectivity index (χ4n) is 0.434. The van der Waals surface area contributed by atoms with Crippen molar-refractivity contribution in [2.24, 2.45) is 5.73 Å². The molecule has 0 unspecified atom stereocenters. The third kappa shape index (κ3) is 5.01. The van der Waals surface area contributed by atoms with Gasteiger partial charge in [-0.15, -0.1) is 0 Å². The van der Waals surface area contributed by atoms with E-state index in [1.54, 1.807) is 0 Å². The van der Waals surface area contributed by atoms with Crippen LogP contribution >= 0.6 is 0 Å². The van der Waals surface area contributed by atoms with Crippen LogP contribution in [0, 0.1) is 0 Å². The average Bonchev–Trinajstić information content (AvgIpc) is 2.49. The molecule has 0 aromatic carbocycles. The highest BCUT2D eigenvalue weighted by Gasteiger charge is 2.07. The van der Waals surface area contributed by atoms with Crippen molar-refractivity contribution in [1.29, 1.82) is 0 Å². The maximum Gasteiger partial charge on any atom is 0.322 e. The van der Waals surface area contributed by atoms with E-state index in [2.05, 4.69) is 0 Å². The second-order valence-electron chi connectivity index (χ2n) is 2.31. The fraction of sp³-hybridized carbons (Fsp3) is 0.286. The van der Waals surface area contributed by atoms with E-state index in [0.29, 0.717) is 0 Å². The van der Waals surface area contributed by atoms with Crippen LogP contribution in [-0.4, -0.2) is 40.6 Å². The molecule has 0 aromatic heterocycles. The maximum atomic E-state index is 10.0. The zero-order valence-electron chi connectivity index (χ0n) is 7.14. The standard InChI is InChI=1S/C4H3NO2.C3H7NO3/c6-3-1-2-4(7)5-3;4-2(1-5)3(6)7/h1-2H,(H,5,6,7);2,5H,1,4H2,(H,6,7)/t;2-/m.0/s1. The first-order valence-corrected chi connectivity index (χ1v) is 3.59. The molecule has 5 N–H and O–H groups in total. The summed E-state index contributed by atoms with van der Waals surface area (Å²) < 4.78 is 0. The first-order valence-electron chi connectivity index (χ1n) is 3.59. The molecular weight excluding hydrogens is 192 g/mol. The number of carbonyl (C=O) groups is 3. The van der Waals surface area contributed by atoms with Crippen molar-refractivity contribution in [3.63, 3.8) is 0 Å². The van der Waals surface area contributed by atoms with Gasteiger partial charge >= 0.3 is 5.97 Å². The molecular formula is C7H10N2O5. The first-order chi connectivity index (χ1) is 6.47. The van der Waals surface area contributed by atoms with Crippen LogP contribution in [0.4, 0.5) is 0 Å². The summed E-state index contributed by atoms with van der Waals surface area (Å²) in [5.41, 5.74) is 4.77. The van der Waals surface area contributed by atoms with Gasteiger partial charge in [0.15, 0.2) is 0 Å². The number of hydrogen-bond acceptors (Lipinski definition) is 5. The largest absolute Gasteiger partial charge is 0.480 e. The minimum absolute atomic E-state index is 0.329. The van der Waals surface area contributed by atoms with Crippen molar-refractivity contribution >= 4 is 17.8 Å². The number of amides is 2. The van der Waals surface area contributed by atoms with Crippen LogP contribution in [0.5, 0.6) is 0 Å². The van der Waals surface area contributed by atoms with Crippen molar-refractivity contribution in [2.75, 3.05) is 6.61 Å². The van der Waals surface area contributed by atoms with E-state index in [4.69, 9.17) is 15.9 Å². The molecule has 0 aliphatic carbocycles. The second-order valence-corrected chi connectivity index (χ2v) is 2.31. The molecule has 0 spiro atoms. The summed E-state index contributed by atoms with van der Waals surface area (Å²) >= 11 is 0. The van der Waals surface area contributed by atoms with Gasteiger partial charge in [-0.1, -0.05) is 0 Å². The molecule has 1 heterocycles.